The fraction of sp³-hybridized carbons (Fsp3) is 0.118. The highest BCUT2D eigenvalue weighted by molar-refractivity contribution is 6.10. The van der Waals surface area contributed by atoms with Crippen molar-refractivity contribution in [2.45, 2.75) is 0 Å². The molecule has 1 aliphatic heterocycles. The maximum atomic E-state index is 12.5. The molecular formula is C17H12N2O3. The normalized spacial score (nSPS) is 13.1. The van der Waals surface area contributed by atoms with Crippen LogP contribution in [0.15, 0.2) is 42.5 Å². The fourth-order valence-corrected chi connectivity index (χ4v) is 2.28. The number of amides is 1. The number of anilines is 1. The lowest BCUT2D eigenvalue weighted by molar-refractivity contribution is -0.120. The lowest BCUT2D eigenvalue weighted by atomic mass is 10.0. The monoisotopic (exact) mass is 292 g/mol. The van der Waals surface area contributed by atoms with Crippen molar-refractivity contribution in [3.63, 3.8) is 0 Å². The lowest BCUT2D eigenvalue weighted by Crippen LogP contribution is -2.35. The Bertz CT molecular complexity index is 804. The van der Waals surface area contributed by atoms with Gasteiger partial charge in [0.05, 0.1) is 17.3 Å². The zero-order valence-electron chi connectivity index (χ0n) is 11.9. The first-order valence-electron chi connectivity index (χ1n) is 6.68. The van der Waals surface area contributed by atoms with Crippen LogP contribution in [0.3, 0.4) is 0 Å². The number of nitriles is 1. The molecule has 3 rings (SSSR count). The Morgan fingerprint density at radius 2 is 1.86 bits per heavy atom. The second kappa shape index (κ2) is 5.34. The van der Waals surface area contributed by atoms with Crippen molar-refractivity contribution < 1.29 is 14.3 Å². The highest BCUT2D eigenvalue weighted by Gasteiger charge is 2.23. The molecule has 0 aliphatic carbocycles. The summed E-state index contributed by atoms with van der Waals surface area (Å²) in [5.41, 5.74) is 2.04. The largest absolute Gasteiger partial charge is 0.482 e. The van der Waals surface area contributed by atoms with E-state index in [0.717, 1.165) is 0 Å². The van der Waals surface area contributed by atoms with Crippen molar-refractivity contribution in [2.24, 2.45) is 0 Å². The summed E-state index contributed by atoms with van der Waals surface area (Å²) in [7, 11) is 1.65. The Morgan fingerprint density at radius 3 is 2.55 bits per heavy atom. The molecule has 0 N–H and O–H groups in total. The second-order valence-electron chi connectivity index (χ2n) is 4.94. The molecule has 0 unspecified atom stereocenters. The summed E-state index contributed by atoms with van der Waals surface area (Å²) < 4.78 is 5.34. The molecule has 0 bridgehead atoms. The van der Waals surface area contributed by atoms with Crippen LogP contribution in [-0.2, 0) is 4.79 Å². The van der Waals surface area contributed by atoms with Crippen molar-refractivity contribution in [1.82, 2.24) is 0 Å². The SMILES string of the molecule is CN1C(=O)COc2ccc(C(=O)c3ccc(C#N)cc3)cc21. The van der Waals surface area contributed by atoms with E-state index in [1.807, 2.05) is 6.07 Å². The number of fused-ring (bicyclic) bond motifs is 1. The summed E-state index contributed by atoms with van der Waals surface area (Å²) in [6.45, 7) is 0.00636. The van der Waals surface area contributed by atoms with Gasteiger partial charge < -0.3 is 9.64 Å². The fourth-order valence-electron chi connectivity index (χ4n) is 2.28. The molecule has 0 radical (unpaired) electrons. The first-order chi connectivity index (χ1) is 10.6. The van der Waals surface area contributed by atoms with Crippen molar-refractivity contribution in [3.8, 4) is 11.8 Å². The third-order valence-electron chi connectivity index (χ3n) is 3.58. The zero-order valence-corrected chi connectivity index (χ0v) is 11.9. The number of carbonyl (C=O) groups is 2. The van der Waals surface area contributed by atoms with Gasteiger partial charge in [0.1, 0.15) is 5.75 Å². The average Bonchev–Trinajstić information content (AvgIpc) is 2.57. The Labute approximate surface area is 127 Å². The Balaban J connectivity index is 1.96. The van der Waals surface area contributed by atoms with E-state index in [2.05, 4.69) is 0 Å². The van der Waals surface area contributed by atoms with Gasteiger partial charge in [-0.3, -0.25) is 9.59 Å². The molecule has 2 aromatic rings. The lowest BCUT2D eigenvalue weighted by Gasteiger charge is -2.26. The number of likely N-dealkylation sites (N-methyl/N-ethyl adjacent to an activating group) is 1. The Kier molecular flexibility index (Phi) is 3.36. The van der Waals surface area contributed by atoms with Crippen LogP contribution < -0.4 is 9.64 Å². The number of benzene rings is 2. The summed E-state index contributed by atoms with van der Waals surface area (Å²) >= 11 is 0. The molecule has 108 valence electrons. The number of carbonyl (C=O) groups excluding carboxylic acids is 2. The van der Waals surface area contributed by atoms with Crippen LogP contribution in [0.1, 0.15) is 21.5 Å². The van der Waals surface area contributed by atoms with Crippen LogP contribution in [0.5, 0.6) is 5.75 Å². The molecule has 5 nitrogen and oxygen atoms in total. The zero-order chi connectivity index (χ0) is 15.7. The molecule has 1 heterocycles. The molecule has 0 atom stereocenters. The van der Waals surface area contributed by atoms with Gasteiger partial charge in [-0.15, -0.1) is 0 Å². The number of rotatable bonds is 2. The molecule has 0 fully saturated rings. The van der Waals surface area contributed by atoms with E-state index in [1.165, 1.54) is 4.90 Å². The Morgan fingerprint density at radius 1 is 1.18 bits per heavy atom. The van der Waals surface area contributed by atoms with Crippen LogP contribution in [0.2, 0.25) is 0 Å². The Hall–Kier alpha value is -3.13. The molecule has 0 spiro atoms. The molecule has 2 aromatic carbocycles. The molecule has 0 saturated heterocycles. The smallest absolute Gasteiger partial charge is 0.264 e. The summed E-state index contributed by atoms with van der Waals surface area (Å²) in [5.74, 6) is 0.257. The molecule has 1 amide bonds. The van der Waals surface area contributed by atoms with Gasteiger partial charge in [-0.25, -0.2) is 0 Å². The first kappa shape index (κ1) is 13.8. The van der Waals surface area contributed by atoms with Crippen LogP contribution >= 0.6 is 0 Å². The topological polar surface area (TPSA) is 70.4 Å². The van der Waals surface area contributed by atoms with Gasteiger partial charge in [0.25, 0.3) is 5.91 Å². The average molecular weight is 292 g/mol. The number of nitrogens with zero attached hydrogens (tertiary/aromatic N) is 2. The van der Waals surface area contributed by atoms with Crippen LogP contribution in [0.4, 0.5) is 5.69 Å². The van der Waals surface area contributed by atoms with Crippen molar-refractivity contribution >= 4 is 17.4 Å². The number of ketones is 1. The predicted molar refractivity (Wildman–Crippen MR) is 79.9 cm³/mol. The molecule has 5 heteroatoms. The van der Waals surface area contributed by atoms with Crippen LogP contribution in [0.25, 0.3) is 0 Å². The van der Waals surface area contributed by atoms with Gasteiger partial charge in [-0.05, 0) is 42.5 Å². The number of ether oxygens (including phenoxy) is 1. The highest BCUT2D eigenvalue weighted by atomic mass is 16.5. The van der Waals surface area contributed by atoms with Gasteiger partial charge in [0, 0.05) is 18.2 Å². The summed E-state index contributed by atoms with van der Waals surface area (Å²) in [5, 5.41) is 8.78. The minimum atomic E-state index is -0.168. The van der Waals surface area contributed by atoms with Crippen molar-refractivity contribution in [1.29, 1.82) is 5.26 Å². The number of hydrogen-bond donors (Lipinski definition) is 0. The maximum Gasteiger partial charge on any atom is 0.264 e. The molecule has 1 aliphatic rings. The van der Waals surface area contributed by atoms with E-state index in [0.29, 0.717) is 28.1 Å². The van der Waals surface area contributed by atoms with Gasteiger partial charge >= 0.3 is 0 Å². The van der Waals surface area contributed by atoms with E-state index in [9.17, 15) is 9.59 Å². The maximum absolute atomic E-state index is 12.5. The van der Waals surface area contributed by atoms with E-state index in [-0.39, 0.29) is 18.3 Å². The summed E-state index contributed by atoms with van der Waals surface area (Å²) in [4.78, 5) is 25.6. The van der Waals surface area contributed by atoms with Gasteiger partial charge in [-0.2, -0.15) is 5.26 Å². The first-order valence-corrected chi connectivity index (χ1v) is 6.68. The summed E-state index contributed by atoms with van der Waals surface area (Å²) in [6.07, 6.45) is 0. The van der Waals surface area contributed by atoms with E-state index in [4.69, 9.17) is 10.00 Å². The van der Waals surface area contributed by atoms with Crippen LogP contribution in [-0.4, -0.2) is 25.3 Å². The second-order valence-corrected chi connectivity index (χ2v) is 4.94. The van der Waals surface area contributed by atoms with Crippen molar-refractivity contribution in [3.05, 3.63) is 59.2 Å². The summed E-state index contributed by atoms with van der Waals surface area (Å²) in [6, 6.07) is 13.5. The van der Waals surface area contributed by atoms with Gasteiger partial charge in [0.2, 0.25) is 0 Å². The molecule has 0 saturated carbocycles. The van der Waals surface area contributed by atoms with E-state index >= 15 is 0 Å². The van der Waals surface area contributed by atoms with Gasteiger partial charge in [0.15, 0.2) is 12.4 Å². The molecular weight excluding hydrogens is 280 g/mol. The number of hydrogen-bond acceptors (Lipinski definition) is 4. The third kappa shape index (κ3) is 2.31. The van der Waals surface area contributed by atoms with E-state index in [1.54, 1.807) is 49.5 Å². The molecule has 0 aromatic heterocycles. The standard InChI is InChI=1S/C17H12N2O3/c1-19-14-8-13(6-7-15(14)22-10-16(19)20)17(21)12-4-2-11(9-18)3-5-12/h2-8H,10H2,1H3. The molecule has 22 heavy (non-hydrogen) atoms. The third-order valence-corrected chi connectivity index (χ3v) is 3.58. The van der Waals surface area contributed by atoms with Gasteiger partial charge in [-0.1, -0.05) is 0 Å². The highest BCUT2D eigenvalue weighted by Crippen LogP contribution is 2.32. The van der Waals surface area contributed by atoms with E-state index < -0.39 is 0 Å². The minimum absolute atomic E-state index is 0.00636. The quantitative estimate of drug-likeness (QED) is 0.795. The minimum Gasteiger partial charge on any atom is -0.482 e. The van der Waals surface area contributed by atoms with Crippen molar-refractivity contribution in [2.75, 3.05) is 18.6 Å². The predicted octanol–water partition coefficient (Wildman–Crippen LogP) is 2.14. The van der Waals surface area contributed by atoms with Crippen LogP contribution in [0, 0.1) is 11.3 Å².